The Kier molecular flexibility index (Phi) is 4.61. The first-order valence-electron chi connectivity index (χ1n) is 9.96. The lowest BCUT2D eigenvalue weighted by Crippen LogP contribution is -2.20. The Hall–Kier alpha value is -1.89. The number of hydrogen-bond donors (Lipinski definition) is 0. The van der Waals surface area contributed by atoms with Crippen LogP contribution in [-0.4, -0.2) is 23.6 Å². The number of nitrogens with zero attached hydrogens (tertiary/aromatic N) is 1. The quantitative estimate of drug-likeness (QED) is 0.288. The lowest BCUT2D eigenvalue weighted by Gasteiger charge is -2.22. The molecule has 7 heteroatoms. The van der Waals surface area contributed by atoms with Crippen molar-refractivity contribution in [3.63, 3.8) is 0 Å². The summed E-state index contributed by atoms with van der Waals surface area (Å²) in [7, 11) is 0. The van der Waals surface area contributed by atoms with Crippen LogP contribution in [0.4, 0.5) is 17.6 Å². The molecule has 29 heavy (non-hydrogen) atoms. The van der Waals surface area contributed by atoms with Gasteiger partial charge in [0.2, 0.25) is 0 Å². The van der Waals surface area contributed by atoms with E-state index >= 15 is 0 Å². The van der Waals surface area contributed by atoms with Gasteiger partial charge in [0.15, 0.2) is 29.1 Å². The monoisotopic (exact) mass is 411 g/mol. The summed E-state index contributed by atoms with van der Waals surface area (Å²) < 4.78 is 64.2. The molecule has 1 aromatic heterocycles. The van der Waals surface area contributed by atoms with E-state index in [0.717, 1.165) is 12.8 Å². The summed E-state index contributed by atoms with van der Waals surface area (Å²) >= 11 is 0. The molecule has 2 aliphatic rings. The minimum Gasteiger partial charge on any atom is -0.381 e. The zero-order valence-electron chi connectivity index (χ0n) is 17.0. The van der Waals surface area contributed by atoms with Gasteiger partial charge in [-0.1, -0.05) is 27.7 Å². The molecule has 2 aromatic rings. The number of aromatic nitrogens is 1. The van der Waals surface area contributed by atoms with E-state index in [4.69, 9.17) is 4.74 Å². The van der Waals surface area contributed by atoms with Crippen molar-refractivity contribution in [3.05, 3.63) is 35.0 Å². The Morgan fingerprint density at radius 1 is 1.00 bits per heavy atom. The van der Waals surface area contributed by atoms with Crippen LogP contribution in [0.3, 0.4) is 0 Å². The van der Waals surface area contributed by atoms with Crippen molar-refractivity contribution in [3.8, 4) is 0 Å². The van der Waals surface area contributed by atoms with Gasteiger partial charge in [0.05, 0.1) is 10.9 Å². The van der Waals surface area contributed by atoms with Crippen molar-refractivity contribution in [2.45, 2.75) is 47.1 Å². The van der Waals surface area contributed by atoms with Crippen LogP contribution in [0.1, 0.15) is 50.9 Å². The molecule has 1 saturated carbocycles. The van der Waals surface area contributed by atoms with Gasteiger partial charge >= 0.3 is 0 Å². The fourth-order valence-electron chi connectivity index (χ4n) is 4.97. The minimum atomic E-state index is -1.89. The van der Waals surface area contributed by atoms with Gasteiger partial charge in [0, 0.05) is 37.4 Å². The molecule has 1 aromatic carbocycles. The lowest BCUT2D eigenvalue weighted by atomic mass is 10.00. The second-order valence-corrected chi connectivity index (χ2v) is 9.47. The molecule has 0 spiro atoms. The molecule has 0 N–H and O–H groups in total. The fraction of sp³-hybridized carbons (Fsp3) is 0.591. The molecule has 158 valence electrons. The summed E-state index contributed by atoms with van der Waals surface area (Å²) in [6.07, 6.45) is 2.82. The number of Topliss-reactive ketones (excluding diaryl/α,β-unsaturated/α-hetero) is 1. The zero-order chi connectivity index (χ0) is 21.3. The van der Waals surface area contributed by atoms with Gasteiger partial charge in [0.1, 0.15) is 0 Å². The standard InChI is InChI=1S/C22H25F4NO2/c1-21(2)20(22(21,3)4)19(28)12-10-27(9-11-5-7-29-8-6-11)18-13(12)14(23)15(24)16(25)17(18)26/h10-11,20H,5-9H2,1-4H3. The Morgan fingerprint density at radius 3 is 2.10 bits per heavy atom. The summed E-state index contributed by atoms with van der Waals surface area (Å²) in [6.45, 7) is 9.15. The summed E-state index contributed by atoms with van der Waals surface area (Å²) in [5.41, 5.74) is -1.11. The van der Waals surface area contributed by atoms with Crippen molar-refractivity contribution in [1.29, 1.82) is 0 Å². The third kappa shape index (κ3) is 2.84. The zero-order valence-corrected chi connectivity index (χ0v) is 17.0. The Balaban J connectivity index is 1.87. The van der Waals surface area contributed by atoms with E-state index in [9.17, 15) is 22.4 Å². The van der Waals surface area contributed by atoms with Crippen LogP contribution in [-0.2, 0) is 11.3 Å². The van der Waals surface area contributed by atoms with Crippen LogP contribution in [0, 0.1) is 45.9 Å². The first-order chi connectivity index (χ1) is 13.5. The topological polar surface area (TPSA) is 31.2 Å². The molecule has 1 aliphatic carbocycles. The van der Waals surface area contributed by atoms with Crippen molar-refractivity contribution < 1.29 is 27.1 Å². The highest BCUT2D eigenvalue weighted by atomic mass is 19.2. The van der Waals surface area contributed by atoms with Crippen molar-refractivity contribution in [2.24, 2.45) is 22.7 Å². The van der Waals surface area contributed by atoms with Crippen LogP contribution >= 0.6 is 0 Å². The summed E-state index contributed by atoms with van der Waals surface area (Å²) in [5.74, 6) is -7.36. The van der Waals surface area contributed by atoms with E-state index < -0.39 is 34.6 Å². The van der Waals surface area contributed by atoms with Gasteiger partial charge < -0.3 is 9.30 Å². The molecular weight excluding hydrogens is 386 g/mol. The number of halogens is 4. The van der Waals surface area contributed by atoms with E-state index in [1.54, 1.807) is 0 Å². The second-order valence-electron chi connectivity index (χ2n) is 9.47. The maximum absolute atomic E-state index is 14.8. The fourth-order valence-corrected chi connectivity index (χ4v) is 4.97. The first-order valence-corrected chi connectivity index (χ1v) is 9.96. The normalized spacial score (nSPS) is 21.7. The average molecular weight is 411 g/mol. The predicted molar refractivity (Wildman–Crippen MR) is 101 cm³/mol. The number of ketones is 1. The van der Waals surface area contributed by atoms with Crippen LogP contribution in [0.5, 0.6) is 0 Å². The number of hydrogen-bond acceptors (Lipinski definition) is 2. The molecule has 0 amide bonds. The molecule has 0 unspecified atom stereocenters. The van der Waals surface area contributed by atoms with Gasteiger partial charge in [-0.25, -0.2) is 17.6 Å². The van der Waals surface area contributed by atoms with E-state index in [0.29, 0.717) is 13.2 Å². The van der Waals surface area contributed by atoms with Crippen LogP contribution < -0.4 is 0 Å². The van der Waals surface area contributed by atoms with Gasteiger partial charge in [0.25, 0.3) is 0 Å². The van der Waals surface area contributed by atoms with Crippen molar-refractivity contribution >= 4 is 16.7 Å². The smallest absolute Gasteiger partial charge is 0.199 e. The van der Waals surface area contributed by atoms with Gasteiger partial charge in [-0.3, -0.25) is 4.79 Å². The number of rotatable bonds is 4. The lowest BCUT2D eigenvalue weighted by molar-refractivity contribution is 0.0615. The molecule has 0 radical (unpaired) electrons. The number of ether oxygens (including phenoxy) is 1. The largest absolute Gasteiger partial charge is 0.381 e. The third-order valence-electron chi connectivity index (χ3n) is 7.43. The van der Waals surface area contributed by atoms with Gasteiger partial charge in [-0.05, 0) is 29.6 Å². The highest BCUT2D eigenvalue weighted by Gasteiger charge is 2.68. The van der Waals surface area contributed by atoms with Crippen LogP contribution in [0.2, 0.25) is 0 Å². The highest BCUT2D eigenvalue weighted by Crippen LogP contribution is 2.69. The van der Waals surface area contributed by atoms with Crippen LogP contribution in [0.15, 0.2) is 6.20 Å². The molecule has 2 fully saturated rings. The van der Waals surface area contributed by atoms with Gasteiger partial charge in [-0.2, -0.15) is 0 Å². The van der Waals surface area contributed by atoms with Gasteiger partial charge in [-0.15, -0.1) is 0 Å². The molecular formula is C22H25F4NO2. The summed E-state index contributed by atoms with van der Waals surface area (Å²) in [5, 5.41) is -0.461. The van der Waals surface area contributed by atoms with E-state index in [-0.39, 0.29) is 40.2 Å². The molecule has 0 atom stereocenters. The predicted octanol–water partition coefficient (Wildman–Crippen LogP) is 5.49. The summed E-state index contributed by atoms with van der Waals surface area (Å²) in [6, 6.07) is 0. The number of carbonyl (C=O) groups is 1. The maximum atomic E-state index is 14.8. The first kappa shape index (κ1) is 20.4. The maximum Gasteiger partial charge on any atom is 0.199 e. The average Bonchev–Trinajstić information content (AvgIpc) is 2.93. The number of fused-ring (bicyclic) bond motifs is 1. The molecule has 2 heterocycles. The molecule has 3 nitrogen and oxygen atoms in total. The number of carbonyl (C=O) groups excluding carboxylic acids is 1. The Morgan fingerprint density at radius 2 is 1.55 bits per heavy atom. The number of benzene rings is 1. The third-order valence-corrected chi connectivity index (χ3v) is 7.43. The highest BCUT2D eigenvalue weighted by molar-refractivity contribution is 6.11. The molecule has 0 bridgehead atoms. The minimum absolute atomic E-state index is 0.0778. The van der Waals surface area contributed by atoms with E-state index in [1.807, 2.05) is 27.7 Å². The van der Waals surface area contributed by atoms with Crippen molar-refractivity contribution in [1.82, 2.24) is 4.57 Å². The van der Waals surface area contributed by atoms with Crippen LogP contribution in [0.25, 0.3) is 10.9 Å². The second kappa shape index (κ2) is 6.56. The summed E-state index contributed by atoms with van der Waals surface area (Å²) in [4.78, 5) is 13.3. The Bertz CT molecular complexity index is 988. The Labute approximate surface area is 167 Å². The molecule has 4 rings (SSSR count). The van der Waals surface area contributed by atoms with Crippen molar-refractivity contribution in [2.75, 3.05) is 13.2 Å². The van der Waals surface area contributed by atoms with E-state index in [1.165, 1.54) is 10.8 Å². The molecule has 1 aliphatic heterocycles. The van der Waals surface area contributed by atoms with E-state index in [2.05, 4.69) is 0 Å². The SMILES string of the molecule is CC1(C)C(C(=O)c2cn(CC3CCOCC3)c3c(F)c(F)c(F)c(F)c23)C1(C)C. The molecule has 1 saturated heterocycles.